The maximum atomic E-state index is 5.87. The Morgan fingerprint density at radius 2 is 0.875 bits per heavy atom. The minimum atomic E-state index is 0.0931. The van der Waals surface area contributed by atoms with E-state index in [1.165, 1.54) is 0 Å². The Labute approximate surface area is 229 Å². The predicted molar refractivity (Wildman–Crippen MR) is 158 cm³/mol. The number of nitrogen functional groups attached to an aromatic ring is 4. The molecule has 0 amide bonds. The van der Waals surface area contributed by atoms with Crippen LogP contribution < -0.4 is 44.2 Å². The van der Waals surface area contributed by atoms with Crippen LogP contribution in [0.4, 0.5) is 58.4 Å². The van der Waals surface area contributed by atoms with E-state index in [4.69, 9.17) is 22.9 Å². The van der Waals surface area contributed by atoms with Crippen LogP contribution in [0.25, 0.3) is 0 Å². The number of hydrogen-bond acceptors (Lipinski definition) is 14. The van der Waals surface area contributed by atoms with Gasteiger partial charge in [0.05, 0.1) is 0 Å². The Morgan fingerprint density at radius 1 is 0.475 bits per heavy atom. The summed E-state index contributed by atoms with van der Waals surface area (Å²) in [6, 6.07) is 22.5. The van der Waals surface area contributed by atoms with Crippen LogP contribution in [0.15, 0.2) is 72.8 Å². The standard InChI is InChI=1S/C26H28N14/c27-17-3-1-5-19(11-17)33-25-37-21(29)35-23(39-25)31-13-15-7-9-16(10-8-15)14-32-24-36-22(30)38-26(40-24)34-20-6-2-4-18(28)12-20/h1-12H,13-14,27-28H2,(H4,29,31,33,35,37,39)(H4,30,32,34,36,38,40). The van der Waals surface area contributed by atoms with E-state index < -0.39 is 0 Å². The van der Waals surface area contributed by atoms with Gasteiger partial charge in [0, 0.05) is 35.8 Å². The summed E-state index contributed by atoms with van der Waals surface area (Å²) in [7, 11) is 0. The van der Waals surface area contributed by atoms with Crippen LogP contribution in [-0.4, -0.2) is 29.9 Å². The number of nitrogens with one attached hydrogen (secondary N) is 4. The first-order chi connectivity index (χ1) is 19.4. The Kier molecular flexibility index (Phi) is 7.48. The molecule has 0 aliphatic rings. The fraction of sp³-hybridized carbons (Fsp3) is 0.0769. The number of rotatable bonds is 10. The first-order valence-electron chi connectivity index (χ1n) is 12.2. The Balaban J connectivity index is 1.16. The quantitative estimate of drug-likeness (QED) is 0.120. The van der Waals surface area contributed by atoms with Gasteiger partial charge in [-0.2, -0.15) is 29.9 Å². The third-order valence-electron chi connectivity index (χ3n) is 5.52. The number of hydrogen-bond donors (Lipinski definition) is 8. The molecule has 2 aromatic heterocycles. The summed E-state index contributed by atoms with van der Waals surface area (Å²) in [4.78, 5) is 25.4. The fourth-order valence-electron chi connectivity index (χ4n) is 3.68. The lowest BCUT2D eigenvalue weighted by Crippen LogP contribution is -2.10. The average molecular weight is 537 g/mol. The number of nitrogens with two attached hydrogens (primary N) is 4. The second-order valence-electron chi connectivity index (χ2n) is 8.71. The molecule has 14 nitrogen and oxygen atoms in total. The highest BCUT2D eigenvalue weighted by Crippen LogP contribution is 2.19. The molecule has 0 saturated heterocycles. The van der Waals surface area contributed by atoms with Crippen molar-refractivity contribution in [3.8, 4) is 0 Å². The van der Waals surface area contributed by atoms with Crippen LogP contribution in [-0.2, 0) is 13.1 Å². The van der Waals surface area contributed by atoms with Crippen LogP contribution in [0.1, 0.15) is 11.1 Å². The highest BCUT2D eigenvalue weighted by Gasteiger charge is 2.07. The summed E-state index contributed by atoms with van der Waals surface area (Å²) < 4.78 is 0. The Hall–Kier alpha value is -5.92. The molecule has 0 aliphatic heterocycles. The SMILES string of the molecule is Nc1cccc(Nc2nc(N)nc(NCc3ccc(CNc4nc(N)nc(Nc5cccc(N)c5)n4)cc3)n2)c1. The maximum Gasteiger partial charge on any atom is 0.233 e. The molecular weight excluding hydrogens is 508 g/mol. The molecule has 202 valence electrons. The summed E-state index contributed by atoms with van der Waals surface area (Å²) in [5.74, 6) is 1.50. The Bertz CT molecular complexity index is 1490. The van der Waals surface area contributed by atoms with Gasteiger partial charge in [0.25, 0.3) is 0 Å². The van der Waals surface area contributed by atoms with E-state index in [-0.39, 0.29) is 11.9 Å². The molecule has 0 bridgehead atoms. The van der Waals surface area contributed by atoms with Gasteiger partial charge in [-0.05, 0) is 47.5 Å². The minimum absolute atomic E-state index is 0.0931. The first-order valence-corrected chi connectivity index (χ1v) is 12.2. The summed E-state index contributed by atoms with van der Waals surface area (Å²) in [6.07, 6.45) is 0. The van der Waals surface area contributed by atoms with Crippen molar-refractivity contribution in [3.63, 3.8) is 0 Å². The van der Waals surface area contributed by atoms with Crippen molar-refractivity contribution in [2.75, 3.05) is 44.2 Å². The van der Waals surface area contributed by atoms with Gasteiger partial charge in [-0.1, -0.05) is 36.4 Å². The highest BCUT2D eigenvalue weighted by atomic mass is 15.3. The summed E-state index contributed by atoms with van der Waals surface area (Å²) in [6.45, 7) is 0.968. The van der Waals surface area contributed by atoms with Gasteiger partial charge < -0.3 is 44.2 Å². The van der Waals surface area contributed by atoms with E-state index in [0.29, 0.717) is 48.3 Å². The number of anilines is 10. The normalized spacial score (nSPS) is 10.6. The molecule has 0 spiro atoms. The predicted octanol–water partition coefficient (Wildman–Crippen LogP) is 3.10. The molecule has 5 aromatic rings. The lowest BCUT2D eigenvalue weighted by molar-refractivity contribution is 1.01. The first kappa shape index (κ1) is 25.7. The zero-order valence-electron chi connectivity index (χ0n) is 21.3. The van der Waals surface area contributed by atoms with Crippen LogP contribution in [0.5, 0.6) is 0 Å². The van der Waals surface area contributed by atoms with E-state index in [2.05, 4.69) is 51.2 Å². The Morgan fingerprint density at radius 3 is 1.27 bits per heavy atom. The van der Waals surface area contributed by atoms with Gasteiger partial charge in [-0.25, -0.2) is 0 Å². The summed E-state index contributed by atoms with van der Waals surface area (Å²) in [5.41, 5.74) is 28.2. The van der Waals surface area contributed by atoms with E-state index in [9.17, 15) is 0 Å². The van der Waals surface area contributed by atoms with Gasteiger partial charge in [-0.3, -0.25) is 0 Å². The van der Waals surface area contributed by atoms with Crippen molar-refractivity contribution in [3.05, 3.63) is 83.9 Å². The van der Waals surface area contributed by atoms with Gasteiger partial charge in [0.15, 0.2) is 0 Å². The molecule has 0 saturated carbocycles. The molecule has 12 N–H and O–H groups in total. The van der Waals surface area contributed by atoms with Crippen molar-refractivity contribution < 1.29 is 0 Å². The topological polar surface area (TPSA) is 230 Å². The second kappa shape index (κ2) is 11.6. The van der Waals surface area contributed by atoms with Crippen molar-refractivity contribution in [2.45, 2.75) is 13.1 Å². The molecule has 0 fully saturated rings. The molecular formula is C26H28N14. The van der Waals surface area contributed by atoms with E-state index in [0.717, 1.165) is 22.5 Å². The monoisotopic (exact) mass is 536 g/mol. The second-order valence-corrected chi connectivity index (χ2v) is 8.71. The minimum Gasteiger partial charge on any atom is -0.399 e. The smallest absolute Gasteiger partial charge is 0.233 e. The lowest BCUT2D eigenvalue weighted by atomic mass is 10.1. The molecule has 3 aromatic carbocycles. The molecule has 2 heterocycles. The van der Waals surface area contributed by atoms with Gasteiger partial charge in [0.1, 0.15) is 0 Å². The fourth-order valence-corrected chi connectivity index (χ4v) is 3.68. The third kappa shape index (κ3) is 7.10. The van der Waals surface area contributed by atoms with Crippen molar-refractivity contribution >= 4 is 58.4 Å². The third-order valence-corrected chi connectivity index (χ3v) is 5.52. The van der Waals surface area contributed by atoms with Crippen LogP contribution >= 0.6 is 0 Å². The molecule has 40 heavy (non-hydrogen) atoms. The number of aromatic nitrogens is 6. The zero-order chi connectivity index (χ0) is 27.9. The molecule has 0 unspecified atom stereocenters. The molecule has 0 radical (unpaired) electrons. The van der Waals surface area contributed by atoms with Crippen LogP contribution in [0, 0.1) is 0 Å². The summed E-state index contributed by atoms with van der Waals surface area (Å²) >= 11 is 0. The lowest BCUT2D eigenvalue weighted by Gasteiger charge is -2.11. The van der Waals surface area contributed by atoms with Crippen LogP contribution in [0.3, 0.4) is 0 Å². The number of benzene rings is 3. The molecule has 0 aliphatic carbocycles. The van der Waals surface area contributed by atoms with Gasteiger partial charge in [-0.15, -0.1) is 0 Å². The van der Waals surface area contributed by atoms with Gasteiger partial charge >= 0.3 is 0 Å². The van der Waals surface area contributed by atoms with Crippen molar-refractivity contribution in [1.82, 2.24) is 29.9 Å². The van der Waals surface area contributed by atoms with Crippen molar-refractivity contribution in [1.29, 1.82) is 0 Å². The zero-order valence-corrected chi connectivity index (χ0v) is 21.3. The van der Waals surface area contributed by atoms with E-state index in [1.807, 2.05) is 48.5 Å². The molecule has 0 atom stereocenters. The summed E-state index contributed by atoms with van der Waals surface area (Å²) in [5, 5.41) is 12.5. The molecule has 5 rings (SSSR count). The van der Waals surface area contributed by atoms with Crippen LogP contribution in [0.2, 0.25) is 0 Å². The van der Waals surface area contributed by atoms with Gasteiger partial charge in [0.2, 0.25) is 35.7 Å². The molecule has 14 heteroatoms. The van der Waals surface area contributed by atoms with Crippen molar-refractivity contribution in [2.24, 2.45) is 0 Å². The number of nitrogens with zero attached hydrogens (tertiary/aromatic N) is 6. The maximum absolute atomic E-state index is 5.87. The highest BCUT2D eigenvalue weighted by molar-refractivity contribution is 5.61. The average Bonchev–Trinajstić information content (AvgIpc) is 2.91. The van der Waals surface area contributed by atoms with E-state index >= 15 is 0 Å². The largest absolute Gasteiger partial charge is 0.399 e. The van der Waals surface area contributed by atoms with E-state index in [1.54, 1.807) is 24.3 Å².